The van der Waals surface area contributed by atoms with E-state index in [2.05, 4.69) is 5.32 Å². The Morgan fingerprint density at radius 3 is 2.63 bits per heavy atom. The minimum atomic E-state index is -0.564. The van der Waals surface area contributed by atoms with Crippen LogP contribution in [0, 0.1) is 0 Å². The summed E-state index contributed by atoms with van der Waals surface area (Å²) in [5.41, 5.74) is 1.35. The van der Waals surface area contributed by atoms with Crippen LogP contribution in [-0.2, 0) is 9.53 Å². The van der Waals surface area contributed by atoms with E-state index in [1.807, 2.05) is 19.9 Å². The second kappa shape index (κ2) is 7.59. The van der Waals surface area contributed by atoms with Gasteiger partial charge in [-0.3, -0.25) is 9.59 Å². The van der Waals surface area contributed by atoms with Crippen molar-refractivity contribution >= 4 is 23.6 Å². The minimum absolute atomic E-state index is 0.141. The Balaban J connectivity index is 1.92. The molecule has 1 aromatic rings. The topological polar surface area (TPSA) is 77.1 Å². The van der Waals surface area contributed by atoms with E-state index in [-0.39, 0.29) is 17.2 Å². The Morgan fingerprint density at radius 2 is 2.00 bits per heavy atom. The molecule has 0 aromatic heterocycles. The van der Waals surface area contributed by atoms with Crippen molar-refractivity contribution in [3.8, 4) is 11.5 Å². The van der Waals surface area contributed by atoms with Gasteiger partial charge in [0.25, 0.3) is 5.91 Å². The van der Waals surface area contributed by atoms with Gasteiger partial charge in [0.05, 0.1) is 19.8 Å². The summed E-state index contributed by atoms with van der Waals surface area (Å²) in [7, 11) is 4.69. The number of rotatable bonds is 7. The molecule has 2 aliphatic rings. The number of carbonyl (C=O) groups excluding carboxylic acids is 2. The van der Waals surface area contributed by atoms with Crippen LogP contribution >= 0.6 is 11.8 Å². The van der Waals surface area contributed by atoms with Crippen molar-refractivity contribution < 1.29 is 23.8 Å². The van der Waals surface area contributed by atoms with E-state index in [0.717, 1.165) is 12.0 Å². The fraction of sp³-hybridized carbons (Fsp3) is 0.579. The summed E-state index contributed by atoms with van der Waals surface area (Å²) in [4.78, 5) is 27.9. The van der Waals surface area contributed by atoms with Gasteiger partial charge in [-0.2, -0.15) is 0 Å². The van der Waals surface area contributed by atoms with Gasteiger partial charge in [0, 0.05) is 30.6 Å². The second-order valence-electron chi connectivity index (χ2n) is 7.09. The molecule has 2 amide bonds. The molecule has 1 fully saturated rings. The van der Waals surface area contributed by atoms with Crippen LogP contribution in [0.4, 0.5) is 0 Å². The van der Waals surface area contributed by atoms with Crippen LogP contribution < -0.4 is 14.8 Å². The van der Waals surface area contributed by atoms with Crippen LogP contribution in [0.25, 0.3) is 0 Å². The van der Waals surface area contributed by atoms with E-state index in [1.165, 1.54) is 7.11 Å². The summed E-state index contributed by atoms with van der Waals surface area (Å²) in [6, 6.07) is 3.13. The molecule has 148 valence electrons. The van der Waals surface area contributed by atoms with E-state index in [4.69, 9.17) is 14.2 Å². The molecule has 1 saturated heterocycles. The third kappa shape index (κ3) is 3.25. The highest BCUT2D eigenvalue weighted by Crippen LogP contribution is 2.58. The summed E-state index contributed by atoms with van der Waals surface area (Å²) >= 11 is 1.62. The van der Waals surface area contributed by atoms with Crippen LogP contribution in [0.5, 0.6) is 11.5 Å². The summed E-state index contributed by atoms with van der Waals surface area (Å²) in [6.45, 7) is 5.10. The van der Waals surface area contributed by atoms with Crippen LogP contribution in [0.2, 0.25) is 0 Å². The van der Waals surface area contributed by atoms with Crippen molar-refractivity contribution in [1.29, 1.82) is 0 Å². The maximum absolute atomic E-state index is 13.3. The fourth-order valence-corrected chi connectivity index (χ4v) is 5.36. The van der Waals surface area contributed by atoms with Crippen molar-refractivity contribution in [2.24, 2.45) is 0 Å². The maximum atomic E-state index is 13.3. The summed E-state index contributed by atoms with van der Waals surface area (Å²) in [5.74, 6) is 0.599. The number of benzene rings is 1. The maximum Gasteiger partial charge on any atom is 0.260 e. The van der Waals surface area contributed by atoms with Crippen LogP contribution in [0.15, 0.2) is 12.1 Å². The zero-order chi connectivity index (χ0) is 19.8. The van der Waals surface area contributed by atoms with Gasteiger partial charge in [-0.25, -0.2) is 0 Å². The van der Waals surface area contributed by atoms with Gasteiger partial charge in [-0.1, -0.05) is 6.07 Å². The number of amides is 2. The summed E-state index contributed by atoms with van der Waals surface area (Å²) in [5, 5.41) is 2.73. The summed E-state index contributed by atoms with van der Waals surface area (Å²) in [6.07, 6.45) is 0.727. The molecule has 2 heterocycles. The average molecular weight is 394 g/mol. The number of hydrogen-bond donors (Lipinski definition) is 1. The first kappa shape index (κ1) is 19.8. The second-order valence-corrected chi connectivity index (χ2v) is 8.83. The van der Waals surface area contributed by atoms with E-state index < -0.39 is 10.8 Å². The van der Waals surface area contributed by atoms with Crippen LogP contribution in [-0.4, -0.2) is 62.0 Å². The number of fused-ring (bicyclic) bond motifs is 3. The Labute approximate surface area is 163 Å². The molecule has 27 heavy (non-hydrogen) atoms. The minimum Gasteiger partial charge on any atom is -0.493 e. The molecule has 0 radical (unpaired) electrons. The summed E-state index contributed by atoms with van der Waals surface area (Å²) < 4.78 is 15.4. The Hall–Kier alpha value is -1.93. The van der Waals surface area contributed by atoms with E-state index >= 15 is 0 Å². The van der Waals surface area contributed by atoms with Crippen molar-refractivity contribution in [2.75, 3.05) is 34.5 Å². The molecule has 3 rings (SSSR count). The van der Waals surface area contributed by atoms with Crippen LogP contribution in [0.1, 0.15) is 41.6 Å². The first-order chi connectivity index (χ1) is 12.9. The largest absolute Gasteiger partial charge is 0.493 e. The predicted octanol–water partition coefficient (Wildman–Crippen LogP) is 2.20. The number of nitrogens with zero attached hydrogens (tertiary/aromatic N) is 1. The molecular formula is C19H26N2O5S. The third-order valence-electron chi connectivity index (χ3n) is 4.97. The number of thioether (sulfide) groups is 1. The van der Waals surface area contributed by atoms with Crippen LogP contribution in [0.3, 0.4) is 0 Å². The average Bonchev–Trinajstić information content (AvgIpc) is 3.07. The van der Waals surface area contributed by atoms with Gasteiger partial charge in [-0.15, -0.1) is 11.8 Å². The number of nitrogens with one attached hydrogen (secondary N) is 1. The lowest BCUT2D eigenvalue weighted by molar-refractivity contribution is -0.126. The Bertz CT molecular complexity index is 752. The molecule has 2 atom stereocenters. The van der Waals surface area contributed by atoms with Gasteiger partial charge in [0.15, 0.2) is 11.5 Å². The highest BCUT2D eigenvalue weighted by Gasteiger charge is 2.58. The van der Waals surface area contributed by atoms with E-state index in [9.17, 15) is 9.59 Å². The molecule has 0 saturated carbocycles. The lowest BCUT2D eigenvalue weighted by atomic mass is 10.0. The van der Waals surface area contributed by atoms with Crippen molar-refractivity contribution in [3.05, 3.63) is 23.3 Å². The number of ether oxygens (including phenoxy) is 3. The number of methoxy groups -OCH3 is 3. The molecule has 0 bridgehead atoms. The fourth-order valence-electron chi connectivity index (χ4n) is 3.78. The van der Waals surface area contributed by atoms with E-state index in [0.29, 0.717) is 30.2 Å². The molecule has 2 aliphatic heterocycles. The van der Waals surface area contributed by atoms with Gasteiger partial charge in [-0.05, 0) is 26.3 Å². The molecule has 8 heteroatoms. The number of hydrogen-bond acceptors (Lipinski definition) is 6. The van der Waals surface area contributed by atoms with Gasteiger partial charge in [0.2, 0.25) is 5.91 Å². The quantitative estimate of drug-likeness (QED) is 0.715. The predicted molar refractivity (Wildman–Crippen MR) is 103 cm³/mol. The SMILES string of the molecule is COCCCNC(=O)[C@H]1N2C(=O)c3c(ccc(OC)c3OC)C2SC1(C)C. The lowest BCUT2D eigenvalue weighted by Gasteiger charge is -2.29. The first-order valence-electron chi connectivity index (χ1n) is 8.89. The molecular weight excluding hydrogens is 368 g/mol. The van der Waals surface area contributed by atoms with Gasteiger partial charge < -0.3 is 24.4 Å². The zero-order valence-electron chi connectivity index (χ0n) is 16.3. The van der Waals surface area contributed by atoms with Crippen molar-refractivity contribution in [1.82, 2.24) is 10.2 Å². The number of carbonyl (C=O) groups is 2. The third-order valence-corrected chi connectivity index (χ3v) is 6.50. The molecule has 1 unspecified atom stereocenters. The highest BCUT2D eigenvalue weighted by molar-refractivity contribution is 8.01. The molecule has 1 aromatic carbocycles. The standard InChI is InChI=1S/C19H26N2O5S/c1-19(2)15(16(22)20-9-6-10-24-3)21-17(23)13-11(18(21)27-19)7-8-12(25-4)14(13)26-5/h7-8,15,18H,6,9-10H2,1-5H3,(H,20,22)/t15-,18?/m1/s1. The highest BCUT2D eigenvalue weighted by atomic mass is 32.2. The zero-order valence-corrected chi connectivity index (χ0v) is 17.1. The normalized spacial score (nSPS) is 22.4. The smallest absolute Gasteiger partial charge is 0.260 e. The van der Waals surface area contributed by atoms with Gasteiger partial charge in [0.1, 0.15) is 11.4 Å². The van der Waals surface area contributed by atoms with Crippen molar-refractivity contribution in [2.45, 2.75) is 36.4 Å². The molecule has 0 spiro atoms. The van der Waals surface area contributed by atoms with E-state index in [1.54, 1.807) is 36.9 Å². The monoisotopic (exact) mass is 394 g/mol. The van der Waals surface area contributed by atoms with Gasteiger partial charge >= 0.3 is 0 Å². The molecule has 0 aliphatic carbocycles. The Kier molecular flexibility index (Phi) is 5.58. The molecule has 7 nitrogen and oxygen atoms in total. The molecule has 1 N–H and O–H groups in total. The lowest BCUT2D eigenvalue weighted by Crippen LogP contribution is -2.52. The first-order valence-corrected chi connectivity index (χ1v) is 9.77. The Morgan fingerprint density at radius 1 is 1.26 bits per heavy atom. The van der Waals surface area contributed by atoms with Crippen molar-refractivity contribution in [3.63, 3.8) is 0 Å².